The third-order valence-corrected chi connectivity index (χ3v) is 2.53. The molecule has 1 aliphatic heterocycles. The minimum atomic E-state index is -0.397. The fourth-order valence-electron chi connectivity index (χ4n) is 1.79. The number of piperidine rings is 1. The molecule has 16 heavy (non-hydrogen) atoms. The van der Waals surface area contributed by atoms with E-state index >= 15 is 0 Å². The van der Waals surface area contributed by atoms with Gasteiger partial charge in [-0.15, -0.1) is 0 Å². The molecule has 0 spiro atoms. The van der Waals surface area contributed by atoms with E-state index < -0.39 is 6.09 Å². The summed E-state index contributed by atoms with van der Waals surface area (Å²) in [6, 6.07) is -0.343. The van der Waals surface area contributed by atoms with Crippen molar-refractivity contribution in [1.82, 2.24) is 4.90 Å². The van der Waals surface area contributed by atoms with Gasteiger partial charge in [-0.25, -0.2) is 4.79 Å². The maximum atomic E-state index is 11.8. The lowest BCUT2D eigenvalue weighted by Crippen LogP contribution is -2.51. The summed E-state index contributed by atoms with van der Waals surface area (Å²) >= 11 is 0. The van der Waals surface area contributed by atoms with Crippen LogP contribution in [0, 0.1) is 0 Å². The van der Waals surface area contributed by atoms with Crippen molar-refractivity contribution >= 4 is 11.9 Å². The van der Waals surface area contributed by atoms with Crippen LogP contribution >= 0.6 is 0 Å². The molecule has 6 heteroatoms. The number of hydrogen-bond donors (Lipinski definition) is 2. The molecule has 92 valence electrons. The number of nitrogens with zero attached hydrogens (tertiary/aromatic N) is 2. The Morgan fingerprint density at radius 1 is 1.56 bits per heavy atom. The monoisotopic (exact) mass is 229 g/mol. The second-order valence-electron chi connectivity index (χ2n) is 4.16. The molecule has 1 aliphatic rings. The number of nitrogens with two attached hydrogens (primary N) is 1. The van der Waals surface area contributed by atoms with E-state index in [1.165, 1.54) is 4.90 Å². The first-order valence-electron chi connectivity index (χ1n) is 5.51. The molecule has 1 fully saturated rings. The number of rotatable bonds is 2. The van der Waals surface area contributed by atoms with Gasteiger partial charge in [-0.1, -0.05) is 5.16 Å². The maximum absolute atomic E-state index is 11.8. The second kappa shape index (κ2) is 5.58. The summed E-state index contributed by atoms with van der Waals surface area (Å²) in [5.74, 6) is 0.0698. The zero-order valence-electron chi connectivity index (χ0n) is 9.72. The van der Waals surface area contributed by atoms with E-state index in [2.05, 4.69) is 5.16 Å². The molecule has 0 aliphatic carbocycles. The Morgan fingerprint density at radius 3 is 2.81 bits per heavy atom. The van der Waals surface area contributed by atoms with Crippen LogP contribution in [-0.4, -0.2) is 40.7 Å². The molecule has 1 atom stereocenters. The van der Waals surface area contributed by atoms with Crippen molar-refractivity contribution in [2.75, 3.05) is 6.54 Å². The van der Waals surface area contributed by atoms with Crippen LogP contribution in [0.5, 0.6) is 0 Å². The molecule has 0 aromatic heterocycles. The first-order chi connectivity index (χ1) is 7.56. The maximum Gasteiger partial charge on any atom is 0.410 e. The Balaban J connectivity index is 2.70. The molecule has 1 saturated heterocycles. The summed E-state index contributed by atoms with van der Waals surface area (Å²) in [6.07, 6.45) is 2.03. The largest absolute Gasteiger partial charge is 0.447 e. The molecule has 1 unspecified atom stereocenters. The van der Waals surface area contributed by atoms with Crippen molar-refractivity contribution in [2.45, 2.75) is 45.3 Å². The van der Waals surface area contributed by atoms with Crippen LogP contribution in [0.15, 0.2) is 5.16 Å². The Bertz CT molecular complexity index is 278. The van der Waals surface area contributed by atoms with Gasteiger partial charge >= 0.3 is 6.09 Å². The standard InChI is InChI=1S/C10H19N3O3/c1-7(2)16-10(14)13-6-4-3-5-8(13)9(11)12-15/h7-8,15H,3-6H2,1-2H3,(H2,11,12). The molecule has 0 radical (unpaired) electrons. The highest BCUT2D eigenvalue weighted by Gasteiger charge is 2.31. The van der Waals surface area contributed by atoms with E-state index in [1.54, 1.807) is 13.8 Å². The van der Waals surface area contributed by atoms with Crippen molar-refractivity contribution in [3.05, 3.63) is 0 Å². The van der Waals surface area contributed by atoms with Gasteiger partial charge in [0.25, 0.3) is 0 Å². The summed E-state index contributed by atoms with van der Waals surface area (Å²) in [5.41, 5.74) is 5.56. The van der Waals surface area contributed by atoms with Crippen LogP contribution in [0.1, 0.15) is 33.1 Å². The molecule has 0 bridgehead atoms. The number of amides is 1. The van der Waals surface area contributed by atoms with Crippen LogP contribution in [0.3, 0.4) is 0 Å². The van der Waals surface area contributed by atoms with Crippen molar-refractivity contribution < 1.29 is 14.7 Å². The zero-order valence-corrected chi connectivity index (χ0v) is 9.72. The van der Waals surface area contributed by atoms with Gasteiger partial charge in [0, 0.05) is 6.54 Å². The van der Waals surface area contributed by atoms with Gasteiger partial charge in [0.05, 0.1) is 12.1 Å². The van der Waals surface area contributed by atoms with Crippen LogP contribution < -0.4 is 5.73 Å². The van der Waals surface area contributed by atoms with Crippen molar-refractivity contribution in [1.29, 1.82) is 0 Å². The first-order valence-corrected chi connectivity index (χ1v) is 5.51. The minimum Gasteiger partial charge on any atom is -0.447 e. The number of carbonyl (C=O) groups excluding carboxylic acids is 1. The molecular formula is C10H19N3O3. The highest BCUT2D eigenvalue weighted by Crippen LogP contribution is 2.18. The normalized spacial score (nSPS) is 22.3. The summed E-state index contributed by atoms with van der Waals surface area (Å²) in [5, 5.41) is 11.6. The van der Waals surface area contributed by atoms with Crippen molar-refractivity contribution in [3.63, 3.8) is 0 Å². The molecule has 3 N–H and O–H groups in total. The Labute approximate surface area is 95.0 Å². The quantitative estimate of drug-likeness (QED) is 0.321. The van der Waals surface area contributed by atoms with Crippen molar-refractivity contribution in [2.24, 2.45) is 10.9 Å². The lowest BCUT2D eigenvalue weighted by atomic mass is 10.0. The number of likely N-dealkylation sites (tertiary alicyclic amines) is 1. The average Bonchev–Trinajstić information content (AvgIpc) is 2.27. The average molecular weight is 229 g/mol. The lowest BCUT2D eigenvalue weighted by Gasteiger charge is -2.34. The van der Waals surface area contributed by atoms with E-state index in [-0.39, 0.29) is 18.0 Å². The number of hydrogen-bond acceptors (Lipinski definition) is 4. The third kappa shape index (κ3) is 3.01. The first kappa shape index (κ1) is 12.6. The summed E-state index contributed by atoms with van der Waals surface area (Å²) in [4.78, 5) is 13.3. The molecule has 1 heterocycles. The number of ether oxygens (including phenoxy) is 1. The summed E-state index contributed by atoms with van der Waals surface area (Å²) in [7, 11) is 0. The van der Waals surface area contributed by atoms with Crippen LogP contribution in [0.2, 0.25) is 0 Å². The molecular weight excluding hydrogens is 210 g/mol. The second-order valence-corrected chi connectivity index (χ2v) is 4.16. The fraction of sp³-hybridized carbons (Fsp3) is 0.800. The SMILES string of the molecule is CC(C)OC(=O)N1CCCCC1C(N)=NO. The van der Waals surface area contributed by atoms with E-state index in [0.717, 1.165) is 12.8 Å². The number of oxime groups is 1. The number of carbonyl (C=O) groups is 1. The highest BCUT2D eigenvalue weighted by atomic mass is 16.6. The van der Waals surface area contributed by atoms with E-state index in [0.29, 0.717) is 13.0 Å². The van der Waals surface area contributed by atoms with Gasteiger partial charge in [-0.3, -0.25) is 4.90 Å². The van der Waals surface area contributed by atoms with E-state index in [1.807, 2.05) is 0 Å². The number of amidine groups is 1. The molecule has 0 saturated carbocycles. The van der Waals surface area contributed by atoms with Gasteiger partial charge in [0.15, 0.2) is 5.84 Å². The summed E-state index contributed by atoms with van der Waals surface area (Å²) in [6.45, 7) is 4.17. The lowest BCUT2D eigenvalue weighted by molar-refractivity contribution is 0.0630. The van der Waals surface area contributed by atoms with Crippen molar-refractivity contribution in [3.8, 4) is 0 Å². The molecule has 1 amide bonds. The molecule has 0 aromatic carbocycles. The predicted octanol–water partition coefficient (Wildman–Crippen LogP) is 1.13. The highest BCUT2D eigenvalue weighted by molar-refractivity contribution is 5.88. The predicted molar refractivity (Wildman–Crippen MR) is 59.4 cm³/mol. The van der Waals surface area contributed by atoms with E-state index in [9.17, 15) is 4.79 Å². The Hall–Kier alpha value is -1.46. The molecule has 1 rings (SSSR count). The smallest absolute Gasteiger partial charge is 0.410 e. The summed E-state index contributed by atoms with van der Waals surface area (Å²) < 4.78 is 5.11. The fourth-order valence-corrected chi connectivity index (χ4v) is 1.79. The van der Waals surface area contributed by atoms with Gasteiger partial charge in [-0.2, -0.15) is 0 Å². The topological polar surface area (TPSA) is 88.2 Å². The van der Waals surface area contributed by atoms with Gasteiger partial charge in [0.2, 0.25) is 0 Å². The van der Waals surface area contributed by atoms with Gasteiger partial charge in [0.1, 0.15) is 0 Å². The van der Waals surface area contributed by atoms with Gasteiger partial charge < -0.3 is 15.7 Å². The van der Waals surface area contributed by atoms with E-state index in [4.69, 9.17) is 15.7 Å². The third-order valence-electron chi connectivity index (χ3n) is 2.53. The zero-order chi connectivity index (χ0) is 12.1. The molecule has 0 aromatic rings. The molecule has 6 nitrogen and oxygen atoms in total. The Morgan fingerprint density at radius 2 is 2.25 bits per heavy atom. The van der Waals surface area contributed by atoms with Crippen LogP contribution in [-0.2, 0) is 4.74 Å². The van der Waals surface area contributed by atoms with Crippen LogP contribution in [0.25, 0.3) is 0 Å². The Kier molecular flexibility index (Phi) is 4.39. The van der Waals surface area contributed by atoms with Crippen LogP contribution in [0.4, 0.5) is 4.79 Å². The van der Waals surface area contributed by atoms with Gasteiger partial charge in [-0.05, 0) is 33.1 Å². The minimum absolute atomic E-state index is 0.0698.